The fourth-order valence-electron chi connectivity index (χ4n) is 2.44. The molecule has 5 nitrogen and oxygen atoms in total. The number of rotatable bonds is 7. The summed E-state index contributed by atoms with van der Waals surface area (Å²) in [5.74, 6) is -0.248. The average Bonchev–Trinajstić information content (AvgIpc) is 2.61. The lowest BCUT2D eigenvalue weighted by molar-refractivity contribution is -0.121. The van der Waals surface area contributed by atoms with Gasteiger partial charge in [-0.05, 0) is 18.2 Å². The van der Waals surface area contributed by atoms with Gasteiger partial charge in [0.1, 0.15) is 11.6 Å². The van der Waals surface area contributed by atoms with Crippen molar-refractivity contribution in [1.29, 1.82) is 0 Å². The van der Waals surface area contributed by atoms with Crippen LogP contribution in [0, 0.1) is 5.82 Å². The first-order chi connectivity index (χ1) is 12.0. The van der Waals surface area contributed by atoms with Crippen molar-refractivity contribution >= 4 is 17.5 Å². The van der Waals surface area contributed by atoms with E-state index in [1.54, 1.807) is 36.4 Å². The molecule has 0 spiro atoms. The molecule has 0 aliphatic heterocycles. The van der Waals surface area contributed by atoms with Crippen molar-refractivity contribution in [2.75, 3.05) is 18.6 Å². The summed E-state index contributed by atoms with van der Waals surface area (Å²) in [6, 6.07) is 13.4. The Morgan fingerprint density at radius 3 is 2.48 bits per heavy atom. The summed E-state index contributed by atoms with van der Waals surface area (Å²) in [6.07, 6.45) is 0.103. The number of nitrogens with zero attached hydrogens (tertiary/aromatic N) is 1. The minimum atomic E-state index is -0.359. The quantitative estimate of drug-likeness (QED) is 0.840. The highest BCUT2D eigenvalue weighted by atomic mass is 19.1. The minimum absolute atomic E-state index is 0.103. The van der Waals surface area contributed by atoms with E-state index in [1.807, 2.05) is 6.07 Å². The van der Waals surface area contributed by atoms with Crippen LogP contribution in [-0.2, 0) is 16.1 Å². The van der Waals surface area contributed by atoms with Crippen molar-refractivity contribution in [3.05, 3.63) is 59.9 Å². The number of para-hydroxylation sites is 2. The summed E-state index contributed by atoms with van der Waals surface area (Å²) in [4.78, 5) is 25.5. The Balaban J connectivity index is 1.96. The molecule has 0 aromatic heterocycles. The van der Waals surface area contributed by atoms with Crippen LogP contribution < -0.4 is 15.0 Å². The fraction of sp³-hybridized carbons (Fsp3) is 0.263. The van der Waals surface area contributed by atoms with E-state index in [9.17, 15) is 14.0 Å². The molecule has 25 heavy (non-hydrogen) atoms. The molecule has 2 aromatic rings. The number of amides is 2. The molecule has 132 valence electrons. The number of hydrogen-bond acceptors (Lipinski definition) is 3. The van der Waals surface area contributed by atoms with Gasteiger partial charge in [-0.2, -0.15) is 0 Å². The highest BCUT2D eigenvalue weighted by Crippen LogP contribution is 2.27. The maximum absolute atomic E-state index is 13.5. The number of carbonyl (C=O) groups is 2. The molecule has 1 N–H and O–H groups in total. The Kier molecular flexibility index (Phi) is 6.51. The van der Waals surface area contributed by atoms with Gasteiger partial charge in [0, 0.05) is 32.0 Å². The van der Waals surface area contributed by atoms with Gasteiger partial charge in [-0.25, -0.2) is 4.39 Å². The van der Waals surface area contributed by atoms with Crippen molar-refractivity contribution in [2.45, 2.75) is 19.9 Å². The summed E-state index contributed by atoms with van der Waals surface area (Å²) >= 11 is 0. The molecule has 2 rings (SSSR count). The maximum Gasteiger partial charge on any atom is 0.223 e. The van der Waals surface area contributed by atoms with E-state index in [1.165, 1.54) is 25.0 Å². The van der Waals surface area contributed by atoms with Crippen molar-refractivity contribution in [3.63, 3.8) is 0 Å². The Labute approximate surface area is 146 Å². The van der Waals surface area contributed by atoms with Crippen LogP contribution in [0.4, 0.5) is 10.1 Å². The molecule has 0 atom stereocenters. The largest absolute Gasteiger partial charge is 0.495 e. The molecule has 0 aliphatic rings. The van der Waals surface area contributed by atoms with Crippen molar-refractivity contribution in [2.24, 2.45) is 0 Å². The van der Waals surface area contributed by atoms with E-state index < -0.39 is 0 Å². The van der Waals surface area contributed by atoms with Crippen molar-refractivity contribution in [1.82, 2.24) is 5.32 Å². The molecule has 0 saturated carbocycles. The summed E-state index contributed by atoms with van der Waals surface area (Å²) < 4.78 is 18.8. The van der Waals surface area contributed by atoms with Crippen LogP contribution in [0.3, 0.4) is 0 Å². The molecule has 0 fully saturated rings. The van der Waals surface area contributed by atoms with Gasteiger partial charge < -0.3 is 15.0 Å². The molecular formula is C19H21FN2O3. The first kappa shape index (κ1) is 18.4. The molecule has 2 amide bonds. The first-order valence-electron chi connectivity index (χ1n) is 7.94. The van der Waals surface area contributed by atoms with Gasteiger partial charge in [0.25, 0.3) is 0 Å². The second-order valence-electron chi connectivity index (χ2n) is 5.46. The molecule has 0 heterocycles. The van der Waals surface area contributed by atoms with Crippen LogP contribution in [0.25, 0.3) is 0 Å². The zero-order valence-corrected chi connectivity index (χ0v) is 14.3. The third kappa shape index (κ3) is 5.04. The SMILES string of the molecule is COc1ccccc1N(CCC(=O)NCc1ccccc1F)C(C)=O. The van der Waals surface area contributed by atoms with Gasteiger partial charge in [0.2, 0.25) is 11.8 Å². The van der Waals surface area contributed by atoms with Crippen LogP contribution in [0.5, 0.6) is 5.75 Å². The van der Waals surface area contributed by atoms with Gasteiger partial charge in [-0.1, -0.05) is 30.3 Å². The summed E-state index contributed by atoms with van der Waals surface area (Å²) in [7, 11) is 1.53. The Hall–Kier alpha value is -2.89. The smallest absolute Gasteiger partial charge is 0.223 e. The normalized spacial score (nSPS) is 10.2. The number of nitrogens with one attached hydrogen (secondary N) is 1. The molecule has 0 radical (unpaired) electrons. The number of carbonyl (C=O) groups excluding carboxylic acids is 2. The number of ether oxygens (including phenoxy) is 1. The zero-order chi connectivity index (χ0) is 18.2. The van der Waals surface area contributed by atoms with Gasteiger partial charge in [-0.3, -0.25) is 9.59 Å². The number of hydrogen-bond donors (Lipinski definition) is 1. The number of benzene rings is 2. The topological polar surface area (TPSA) is 58.6 Å². The van der Waals surface area contributed by atoms with E-state index >= 15 is 0 Å². The predicted octanol–water partition coefficient (Wildman–Crippen LogP) is 2.89. The Morgan fingerprint density at radius 2 is 1.80 bits per heavy atom. The number of methoxy groups -OCH3 is 1. The zero-order valence-electron chi connectivity index (χ0n) is 14.3. The molecule has 6 heteroatoms. The van der Waals surface area contributed by atoms with Crippen LogP contribution in [0.15, 0.2) is 48.5 Å². The number of anilines is 1. The van der Waals surface area contributed by atoms with E-state index in [-0.39, 0.29) is 37.1 Å². The summed E-state index contributed by atoms with van der Waals surface area (Å²) in [5.41, 5.74) is 1.03. The van der Waals surface area contributed by atoms with Crippen molar-refractivity contribution in [3.8, 4) is 5.75 Å². The lowest BCUT2D eigenvalue weighted by Crippen LogP contribution is -2.34. The second-order valence-corrected chi connectivity index (χ2v) is 5.46. The Morgan fingerprint density at radius 1 is 1.12 bits per heavy atom. The van der Waals surface area contributed by atoms with Crippen LogP contribution >= 0.6 is 0 Å². The van der Waals surface area contributed by atoms with Crippen LogP contribution in [-0.4, -0.2) is 25.5 Å². The molecule has 0 aliphatic carbocycles. The third-order valence-electron chi connectivity index (χ3n) is 3.75. The molecule has 0 saturated heterocycles. The van der Waals surface area contributed by atoms with Gasteiger partial charge in [-0.15, -0.1) is 0 Å². The van der Waals surface area contributed by atoms with Gasteiger partial charge in [0.15, 0.2) is 0 Å². The highest BCUT2D eigenvalue weighted by molar-refractivity contribution is 5.93. The van der Waals surface area contributed by atoms with E-state index in [0.29, 0.717) is 17.0 Å². The fourth-order valence-corrected chi connectivity index (χ4v) is 2.44. The molecular weight excluding hydrogens is 323 g/mol. The first-order valence-corrected chi connectivity index (χ1v) is 7.94. The minimum Gasteiger partial charge on any atom is -0.495 e. The Bertz CT molecular complexity index is 749. The third-order valence-corrected chi connectivity index (χ3v) is 3.75. The average molecular weight is 344 g/mol. The molecule has 0 unspecified atom stereocenters. The maximum atomic E-state index is 13.5. The van der Waals surface area contributed by atoms with E-state index in [2.05, 4.69) is 5.32 Å². The standard InChI is InChI=1S/C19H21FN2O3/c1-14(23)22(17-9-5-6-10-18(17)25-2)12-11-19(24)21-13-15-7-3-4-8-16(15)20/h3-10H,11-13H2,1-2H3,(H,21,24). The molecule has 0 bridgehead atoms. The number of halogens is 1. The monoisotopic (exact) mass is 344 g/mol. The lowest BCUT2D eigenvalue weighted by Gasteiger charge is -2.23. The van der Waals surface area contributed by atoms with Crippen LogP contribution in [0.1, 0.15) is 18.9 Å². The second kappa shape index (κ2) is 8.82. The van der Waals surface area contributed by atoms with Crippen LogP contribution in [0.2, 0.25) is 0 Å². The van der Waals surface area contributed by atoms with E-state index in [4.69, 9.17) is 4.74 Å². The lowest BCUT2D eigenvalue weighted by atomic mass is 10.2. The summed E-state index contributed by atoms with van der Waals surface area (Å²) in [5, 5.41) is 2.67. The van der Waals surface area contributed by atoms with Crippen molar-refractivity contribution < 1.29 is 18.7 Å². The van der Waals surface area contributed by atoms with Gasteiger partial charge in [0.05, 0.1) is 12.8 Å². The van der Waals surface area contributed by atoms with Gasteiger partial charge >= 0.3 is 0 Å². The summed E-state index contributed by atoms with van der Waals surface area (Å²) in [6.45, 7) is 1.75. The molecule has 2 aromatic carbocycles. The van der Waals surface area contributed by atoms with E-state index in [0.717, 1.165) is 0 Å². The predicted molar refractivity (Wildman–Crippen MR) is 93.9 cm³/mol. The highest BCUT2D eigenvalue weighted by Gasteiger charge is 2.17.